The standard InChI is InChI=1S/C23H23N3O3S/c27-20(14-25-21(28)23(24-22(25)29)12-6-7-13-23)26-17-10-4-5-11-19(17)30-15-18(26)16-8-2-1-3-9-16/h1-5,8-11,18H,6-7,12-15H2,(H,24,29). The van der Waals surface area contributed by atoms with Crippen LogP contribution in [0.2, 0.25) is 0 Å². The third-order valence-electron chi connectivity index (χ3n) is 6.28. The lowest BCUT2D eigenvalue weighted by Crippen LogP contribution is -2.47. The molecule has 4 amide bonds. The normalized spacial score (nSPS) is 22.3. The Morgan fingerprint density at radius 2 is 1.73 bits per heavy atom. The molecule has 1 N–H and O–H groups in total. The zero-order chi connectivity index (χ0) is 20.7. The third-order valence-corrected chi connectivity index (χ3v) is 7.42. The summed E-state index contributed by atoms with van der Waals surface area (Å²) in [6.07, 6.45) is 3.14. The van der Waals surface area contributed by atoms with Gasteiger partial charge in [0.05, 0.1) is 11.7 Å². The van der Waals surface area contributed by atoms with E-state index in [2.05, 4.69) is 5.32 Å². The van der Waals surface area contributed by atoms with Gasteiger partial charge in [0.2, 0.25) is 5.91 Å². The van der Waals surface area contributed by atoms with Crippen LogP contribution in [-0.2, 0) is 9.59 Å². The van der Waals surface area contributed by atoms with Crippen LogP contribution in [0.4, 0.5) is 10.5 Å². The Balaban J connectivity index is 1.46. The van der Waals surface area contributed by atoms with Gasteiger partial charge in [-0.1, -0.05) is 55.3 Å². The molecule has 1 saturated heterocycles. The van der Waals surface area contributed by atoms with Crippen LogP contribution in [0.5, 0.6) is 0 Å². The van der Waals surface area contributed by atoms with Crippen LogP contribution in [0.25, 0.3) is 0 Å². The minimum absolute atomic E-state index is 0.153. The predicted octanol–water partition coefficient (Wildman–Crippen LogP) is 3.73. The van der Waals surface area contributed by atoms with Gasteiger partial charge in [-0.15, -0.1) is 11.8 Å². The second kappa shape index (κ2) is 7.47. The number of imide groups is 1. The molecule has 1 saturated carbocycles. The maximum Gasteiger partial charge on any atom is 0.325 e. The molecule has 3 aliphatic rings. The van der Waals surface area contributed by atoms with Crippen LogP contribution >= 0.6 is 11.8 Å². The highest BCUT2D eigenvalue weighted by atomic mass is 32.2. The fourth-order valence-electron chi connectivity index (χ4n) is 4.77. The van der Waals surface area contributed by atoms with E-state index in [1.807, 2.05) is 54.6 Å². The van der Waals surface area contributed by atoms with E-state index in [4.69, 9.17) is 0 Å². The number of carbonyl (C=O) groups excluding carboxylic acids is 3. The molecule has 1 aliphatic carbocycles. The summed E-state index contributed by atoms with van der Waals surface area (Å²) in [4.78, 5) is 43.0. The van der Waals surface area contributed by atoms with Crippen molar-refractivity contribution in [2.45, 2.75) is 42.2 Å². The summed E-state index contributed by atoms with van der Waals surface area (Å²) in [5.74, 6) is 0.223. The summed E-state index contributed by atoms with van der Waals surface area (Å²) in [6.45, 7) is -0.241. The Labute approximate surface area is 179 Å². The fraction of sp³-hybridized carbons (Fsp3) is 0.348. The Hall–Kier alpha value is -2.80. The number of rotatable bonds is 3. The number of nitrogens with one attached hydrogen (secondary N) is 1. The lowest BCUT2D eigenvalue weighted by molar-refractivity contribution is -0.134. The topological polar surface area (TPSA) is 69.7 Å². The Morgan fingerprint density at radius 1 is 1.03 bits per heavy atom. The minimum Gasteiger partial charge on any atom is -0.323 e. The molecular weight excluding hydrogens is 398 g/mol. The van der Waals surface area contributed by atoms with Gasteiger partial charge >= 0.3 is 6.03 Å². The highest BCUT2D eigenvalue weighted by Crippen LogP contribution is 2.43. The molecule has 154 valence electrons. The van der Waals surface area contributed by atoms with Crippen molar-refractivity contribution in [1.29, 1.82) is 0 Å². The number of hydrogen-bond donors (Lipinski definition) is 1. The number of nitrogens with zero attached hydrogens (tertiary/aromatic N) is 2. The van der Waals surface area contributed by atoms with Gasteiger partial charge in [-0.25, -0.2) is 4.79 Å². The average molecular weight is 422 g/mol. The average Bonchev–Trinajstić information content (AvgIpc) is 3.34. The summed E-state index contributed by atoms with van der Waals surface area (Å²) in [6, 6.07) is 17.1. The van der Waals surface area contributed by atoms with E-state index in [0.29, 0.717) is 12.8 Å². The SMILES string of the molecule is O=C1NC2(CCCC2)C(=O)N1CC(=O)N1c2ccccc2SCC1c1ccccc1. The van der Waals surface area contributed by atoms with Crippen molar-refractivity contribution in [1.82, 2.24) is 10.2 Å². The fourth-order valence-corrected chi connectivity index (χ4v) is 5.93. The van der Waals surface area contributed by atoms with Crippen LogP contribution in [0.15, 0.2) is 59.5 Å². The van der Waals surface area contributed by atoms with Gasteiger partial charge in [-0.3, -0.25) is 14.5 Å². The molecule has 2 aromatic rings. The predicted molar refractivity (Wildman–Crippen MR) is 115 cm³/mol. The number of anilines is 1. The van der Waals surface area contributed by atoms with E-state index in [1.54, 1.807) is 16.7 Å². The Bertz CT molecular complexity index is 1000. The second-order valence-corrected chi connectivity index (χ2v) is 9.14. The van der Waals surface area contributed by atoms with E-state index < -0.39 is 11.6 Å². The van der Waals surface area contributed by atoms with Gasteiger partial charge in [0, 0.05) is 10.6 Å². The highest BCUT2D eigenvalue weighted by Gasteiger charge is 2.53. The quantitative estimate of drug-likeness (QED) is 0.767. The van der Waals surface area contributed by atoms with Gasteiger partial charge in [-0.2, -0.15) is 0 Å². The molecule has 2 fully saturated rings. The minimum atomic E-state index is -0.800. The number of amides is 4. The van der Waals surface area contributed by atoms with E-state index in [0.717, 1.165) is 39.6 Å². The Morgan fingerprint density at radius 3 is 2.50 bits per heavy atom. The van der Waals surface area contributed by atoms with Crippen molar-refractivity contribution in [2.75, 3.05) is 17.2 Å². The number of fused-ring (bicyclic) bond motifs is 1. The van der Waals surface area contributed by atoms with Crippen molar-refractivity contribution >= 4 is 35.3 Å². The first-order chi connectivity index (χ1) is 14.6. The van der Waals surface area contributed by atoms with Crippen LogP contribution in [0.1, 0.15) is 37.3 Å². The molecule has 7 heteroatoms. The molecule has 1 spiro atoms. The van der Waals surface area contributed by atoms with Crippen LogP contribution in [0.3, 0.4) is 0 Å². The molecule has 5 rings (SSSR count). The lowest BCUT2D eigenvalue weighted by atomic mass is 9.98. The summed E-state index contributed by atoms with van der Waals surface area (Å²) in [5, 5.41) is 2.86. The van der Waals surface area contributed by atoms with Crippen LogP contribution < -0.4 is 10.2 Å². The first-order valence-electron chi connectivity index (χ1n) is 10.3. The largest absolute Gasteiger partial charge is 0.325 e. The van der Waals surface area contributed by atoms with Crippen molar-refractivity contribution in [2.24, 2.45) is 0 Å². The zero-order valence-electron chi connectivity index (χ0n) is 16.5. The first kappa shape index (κ1) is 19.2. The van der Waals surface area contributed by atoms with Gasteiger partial charge in [-0.05, 0) is 30.5 Å². The molecule has 2 aliphatic heterocycles. The highest BCUT2D eigenvalue weighted by molar-refractivity contribution is 7.99. The number of para-hydroxylation sites is 1. The van der Waals surface area contributed by atoms with E-state index >= 15 is 0 Å². The van der Waals surface area contributed by atoms with Crippen LogP contribution in [0, 0.1) is 0 Å². The summed E-state index contributed by atoms with van der Waals surface area (Å²) < 4.78 is 0. The van der Waals surface area contributed by atoms with Crippen molar-refractivity contribution in [3.8, 4) is 0 Å². The maximum atomic E-state index is 13.5. The molecule has 0 bridgehead atoms. The Kier molecular flexibility index (Phi) is 4.77. The molecular formula is C23H23N3O3S. The van der Waals surface area contributed by atoms with E-state index in [9.17, 15) is 14.4 Å². The molecule has 0 aromatic heterocycles. The number of hydrogen-bond acceptors (Lipinski definition) is 4. The molecule has 6 nitrogen and oxygen atoms in total. The molecule has 1 atom stereocenters. The number of urea groups is 1. The number of benzene rings is 2. The van der Waals surface area contributed by atoms with Gasteiger partial charge in [0.1, 0.15) is 12.1 Å². The number of thioether (sulfide) groups is 1. The van der Waals surface area contributed by atoms with Gasteiger partial charge in [0.25, 0.3) is 5.91 Å². The van der Waals surface area contributed by atoms with Crippen LogP contribution in [-0.4, -0.2) is 40.6 Å². The van der Waals surface area contributed by atoms with E-state index in [1.165, 1.54) is 0 Å². The van der Waals surface area contributed by atoms with Crippen molar-refractivity contribution in [3.05, 3.63) is 60.2 Å². The molecule has 0 radical (unpaired) electrons. The van der Waals surface area contributed by atoms with Gasteiger partial charge < -0.3 is 10.2 Å². The smallest absolute Gasteiger partial charge is 0.323 e. The second-order valence-electron chi connectivity index (χ2n) is 8.08. The monoisotopic (exact) mass is 421 g/mol. The molecule has 2 aromatic carbocycles. The molecule has 2 heterocycles. The van der Waals surface area contributed by atoms with Gasteiger partial charge in [0.15, 0.2) is 0 Å². The van der Waals surface area contributed by atoms with Crippen molar-refractivity contribution < 1.29 is 14.4 Å². The summed E-state index contributed by atoms with van der Waals surface area (Å²) in [7, 11) is 0. The lowest BCUT2D eigenvalue weighted by Gasteiger charge is -2.37. The summed E-state index contributed by atoms with van der Waals surface area (Å²) in [5.41, 5.74) is 1.07. The maximum absolute atomic E-state index is 13.5. The first-order valence-corrected chi connectivity index (χ1v) is 11.3. The summed E-state index contributed by atoms with van der Waals surface area (Å²) >= 11 is 1.72. The van der Waals surface area contributed by atoms with E-state index in [-0.39, 0.29) is 24.4 Å². The zero-order valence-corrected chi connectivity index (χ0v) is 17.4. The number of carbonyl (C=O) groups is 3. The molecule has 30 heavy (non-hydrogen) atoms. The third kappa shape index (κ3) is 3.08. The van der Waals surface area contributed by atoms with Crippen molar-refractivity contribution in [3.63, 3.8) is 0 Å². The molecule has 1 unspecified atom stereocenters.